The van der Waals surface area contributed by atoms with E-state index in [2.05, 4.69) is 0 Å². The number of aliphatic hydroxyl groups is 1. The first kappa shape index (κ1) is 10.8. The Hall–Kier alpha value is -0.250. The van der Waals surface area contributed by atoms with Crippen molar-refractivity contribution in [3.05, 3.63) is 0 Å². The molecule has 0 aromatic heterocycles. The number of halogens is 3. The van der Waals surface area contributed by atoms with E-state index >= 15 is 0 Å². The summed E-state index contributed by atoms with van der Waals surface area (Å²) in [4.78, 5) is 0. The molecule has 1 N–H and O–H groups in total. The molecule has 0 unspecified atom stereocenters. The second-order valence-electron chi connectivity index (χ2n) is 4.72. The number of alkyl halides is 3. The Kier molecular flexibility index (Phi) is 2.39. The van der Waals surface area contributed by atoms with Crippen molar-refractivity contribution in [2.24, 2.45) is 5.41 Å². The highest BCUT2D eigenvalue weighted by Gasteiger charge is 2.56. The largest absolute Gasteiger partial charge is 0.417 e. The van der Waals surface area contributed by atoms with E-state index in [-0.39, 0.29) is 12.8 Å². The second-order valence-corrected chi connectivity index (χ2v) is 4.72. The summed E-state index contributed by atoms with van der Waals surface area (Å²) in [6, 6.07) is 0. The van der Waals surface area contributed by atoms with Crippen LogP contribution < -0.4 is 0 Å². The molecule has 1 aliphatic carbocycles. The minimum Gasteiger partial charge on any atom is -0.380 e. The third-order valence-electron chi connectivity index (χ3n) is 2.74. The molecule has 0 radical (unpaired) electrons. The molecule has 0 aliphatic heterocycles. The normalized spacial score (nSPS) is 34.6. The molecular weight excluding hydrogens is 181 g/mol. The highest BCUT2D eigenvalue weighted by atomic mass is 19.4. The number of hydrogen-bond donors (Lipinski definition) is 1. The Labute approximate surface area is 75.9 Å². The summed E-state index contributed by atoms with van der Waals surface area (Å²) >= 11 is 0. The maximum absolute atomic E-state index is 12.4. The molecule has 0 amide bonds. The van der Waals surface area contributed by atoms with Crippen LogP contribution in [0.5, 0.6) is 0 Å². The van der Waals surface area contributed by atoms with Crippen molar-refractivity contribution >= 4 is 0 Å². The Bertz CT molecular complexity index is 198. The quantitative estimate of drug-likeness (QED) is 0.631. The molecule has 0 bridgehead atoms. The first-order valence-corrected chi connectivity index (χ1v) is 4.45. The van der Waals surface area contributed by atoms with Crippen LogP contribution in [0.4, 0.5) is 13.2 Å². The average Bonchev–Trinajstić information content (AvgIpc) is 1.80. The van der Waals surface area contributed by atoms with Crippen LogP contribution in [-0.2, 0) is 0 Å². The predicted octanol–water partition coefficient (Wildman–Crippen LogP) is 2.88. The van der Waals surface area contributed by atoms with Crippen LogP contribution in [0.3, 0.4) is 0 Å². The summed E-state index contributed by atoms with van der Waals surface area (Å²) in [7, 11) is 0. The first-order chi connectivity index (χ1) is 5.66. The third-order valence-corrected chi connectivity index (χ3v) is 2.74. The van der Waals surface area contributed by atoms with E-state index in [1.807, 2.05) is 0 Å². The van der Waals surface area contributed by atoms with E-state index in [4.69, 9.17) is 0 Å². The Morgan fingerprint density at radius 3 is 2.00 bits per heavy atom. The maximum atomic E-state index is 12.4. The molecule has 1 nitrogen and oxygen atoms in total. The van der Waals surface area contributed by atoms with E-state index < -0.39 is 17.2 Å². The average molecular weight is 196 g/mol. The van der Waals surface area contributed by atoms with Crippen molar-refractivity contribution in [1.82, 2.24) is 0 Å². The summed E-state index contributed by atoms with van der Waals surface area (Å²) in [6.07, 6.45) is -3.61. The van der Waals surface area contributed by atoms with Gasteiger partial charge in [-0.2, -0.15) is 13.2 Å². The van der Waals surface area contributed by atoms with E-state index in [0.29, 0.717) is 6.42 Å². The lowest BCUT2D eigenvalue weighted by atomic mass is 9.69. The molecule has 78 valence electrons. The highest BCUT2D eigenvalue weighted by molar-refractivity contribution is 4.95. The summed E-state index contributed by atoms with van der Waals surface area (Å²) in [5.74, 6) is 0. The highest BCUT2D eigenvalue weighted by Crippen LogP contribution is 2.48. The SMILES string of the molecule is CC1(C)CCC[C@](O)(C(F)(F)F)C1. The van der Waals surface area contributed by atoms with Gasteiger partial charge in [-0.15, -0.1) is 0 Å². The molecule has 1 aliphatic rings. The molecule has 1 rings (SSSR count). The minimum atomic E-state index is -4.48. The zero-order chi connectivity index (χ0) is 10.3. The van der Waals surface area contributed by atoms with Crippen LogP contribution >= 0.6 is 0 Å². The van der Waals surface area contributed by atoms with Crippen LogP contribution in [0, 0.1) is 5.41 Å². The fourth-order valence-electron chi connectivity index (χ4n) is 2.07. The van der Waals surface area contributed by atoms with Gasteiger partial charge in [-0.3, -0.25) is 0 Å². The lowest BCUT2D eigenvalue weighted by Crippen LogP contribution is -2.50. The van der Waals surface area contributed by atoms with Gasteiger partial charge in [0.1, 0.15) is 0 Å². The fraction of sp³-hybridized carbons (Fsp3) is 1.00. The van der Waals surface area contributed by atoms with Crippen LogP contribution in [0.1, 0.15) is 39.5 Å². The van der Waals surface area contributed by atoms with Crippen molar-refractivity contribution in [3.63, 3.8) is 0 Å². The van der Waals surface area contributed by atoms with E-state index in [0.717, 1.165) is 6.42 Å². The van der Waals surface area contributed by atoms with E-state index in [9.17, 15) is 18.3 Å². The summed E-state index contributed by atoms with van der Waals surface area (Å²) in [5.41, 5.74) is -2.85. The molecule has 1 saturated carbocycles. The Balaban J connectivity index is 2.81. The standard InChI is InChI=1S/C9H15F3O/c1-7(2)4-3-5-8(13,6-7)9(10,11)12/h13H,3-6H2,1-2H3/t8-/m1/s1. The zero-order valence-corrected chi connectivity index (χ0v) is 7.91. The van der Waals surface area contributed by atoms with Gasteiger partial charge in [0.15, 0.2) is 5.60 Å². The van der Waals surface area contributed by atoms with Crippen molar-refractivity contribution < 1.29 is 18.3 Å². The monoisotopic (exact) mass is 196 g/mol. The molecule has 1 atom stereocenters. The second kappa shape index (κ2) is 2.87. The molecule has 13 heavy (non-hydrogen) atoms. The Morgan fingerprint density at radius 2 is 1.69 bits per heavy atom. The lowest BCUT2D eigenvalue weighted by Gasteiger charge is -2.42. The van der Waals surface area contributed by atoms with E-state index in [1.165, 1.54) is 0 Å². The van der Waals surface area contributed by atoms with Gasteiger partial charge in [0, 0.05) is 0 Å². The summed E-state index contributed by atoms with van der Waals surface area (Å²) in [6.45, 7) is 3.53. The van der Waals surface area contributed by atoms with Crippen LogP contribution in [0.15, 0.2) is 0 Å². The van der Waals surface area contributed by atoms with Gasteiger partial charge in [0.05, 0.1) is 0 Å². The topological polar surface area (TPSA) is 20.2 Å². The van der Waals surface area contributed by atoms with Gasteiger partial charge in [-0.25, -0.2) is 0 Å². The van der Waals surface area contributed by atoms with Crippen molar-refractivity contribution in [1.29, 1.82) is 0 Å². The van der Waals surface area contributed by atoms with Crippen LogP contribution in [0.2, 0.25) is 0 Å². The van der Waals surface area contributed by atoms with Crippen LogP contribution in [-0.4, -0.2) is 16.9 Å². The molecular formula is C9H15F3O. The molecule has 0 aromatic rings. The molecule has 1 fully saturated rings. The van der Waals surface area contributed by atoms with Crippen LogP contribution in [0.25, 0.3) is 0 Å². The van der Waals surface area contributed by atoms with Gasteiger partial charge in [0.2, 0.25) is 0 Å². The fourth-order valence-corrected chi connectivity index (χ4v) is 2.07. The van der Waals surface area contributed by atoms with Gasteiger partial charge in [-0.05, 0) is 31.1 Å². The minimum absolute atomic E-state index is 0.153. The van der Waals surface area contributed by atoms with Crippen molar-refractivity contribution in [2.75, 3.05) is 0 Å². The Morgan fingerprint density at radius 1 is 1.15 bits per heavy atom. The summed E-state index contributed by atoms with van der Waals surface area (Å²) in [5, 5.41) is 9.42. The van der Waals surface area contributed by atoms with Crippen molar-refractivity contribution in [3.8, 4) is 0 Å². The van der Waals surface area contributed by atoms with Gasteiger partial charge in [-0.1, -0.05) is 13.8 Å². The zero-order valence-electron chi connectivity index (χ0n) is 7.91. The molecule has 0 aromatic carbocycles. The maximum Gasteiger partial charge on any atom is 0.417 e. The molecule has 0 spiro atoms. The van der Waals surface area contributed by atoms with Gasteiger partial charge < -0.3 is 5.11 Å². The lowest BCUT2D eigenvalue weighted by molar-refractivity contribution is -0.279. The number of rotatable bonds is 0. The molecule has 0 saturated heterocycles. The molecule has 0 heterocycles. The molecule has 4 heteroatoms. The smallest absolute Gasteiger partial charge is 0.380 e. The summed E-state index contributed by atoms with van der Waals surface area (Å²) < 4.78 is 37.3. The van der Waals surface area contributed by atoms with E-state index in [1.54, 1.807) is 13.8 Å². The third kappa shape index (κ3) is 2.16. The van der Waals surface area contributed by atoms with Gasteiger partial charge in [0.25, 0.3) is 0 Å². The van der Waals surface area contributed by atoms with Gasteiger partial charge >= 0.3 is 6.18 Å². The number of hydrogen-bond acceptors (Lipinski definition) is 1. The first-order valence-electron chi connectivity index (χ1n) is 4.45. The van der Waals surface area contributed by atoms with Crippen molar-refractivity contribution in [2.45, 2.75) is 51.3 Å². The predicted molar refractivity (Wildman–Crippen MR) is 43.3 cm³/mol.